The molecule has 26 heavy (non-hydrogen) atoms. The van der Waals surface area contributed by atoms with E-state index in [9.17, 15) is 9.59 Å². The van der Waals surface area contributed by atoms with Crippen LogP contribution in [-0.4, -0.2) is 36.8 Å². The van der Waals surface area contributed by atoms with Crippen molar-refractivity contribution < 1.29 is 9.59 Å². The summed E-state index contributed by atoms with van der Waals surface area (Å²) in [5.74, 6) is 1.93. The SMILES string of the molecule is O=C(CCCNC(=O)NC1CCCCC1)NCCSCc1ccccc1. The highest BCUT2D eigenvalue weighted by atomic mass is 32.2. The van der Waals surface area contributed by atoms with Crippen molar-refractivity contribution >= 4 is 23.7 Å². The molecule has 0 heterocycles. The van der Waals surface area contributed by atoms with Crippen molar-refractivity contribution in [3.05, 3.63) is 35.9 Å². The fourth-order valence-electron chi connectivity index (χ4n) is 3.05. The number of rotatable bonds is 10. The highest BCUT2D eigenvalue weighted by Crippen LogP contribution is 2.17. The van der Waals surface area contributed by atoms with Crippen molar-refractivity contribution in [3.63, 3.8) is 0 Å². The second kappa shape index (κ2) is 12.6. The lowest BCUT2D eigenvalue weighted by molar-refractivity contribution is -0.121. The van der Waals surface area contributed by atoms with Gasteiger partial charge in [0.05, 0.1) is 0 Å². The summed E-state index contributed by atoms with van der Waals surface area (Å²) in [6.07, 6.45) is 6.97. The summed E-state index contributed by atoms with van der Waals surface area (Å²) in [5, 5.41) is 8.80. The third-order valence-corrected chi connectivity index (χ3v) is 5.52. The van der Waals surface area contributed by atoms with Crippen molar-refractivity contribution in [2.24, 2.45) is 0 Å². The zero-order chi connectivity index (χ0) is 18.5. The standard InChI is InChI=1S/C20H31N3O2S/c24-19(21-14-15-26-16-17-8-3-1-4-9-17)12-7-13-22-20(25)23-18-10-5-2-6-11-18/h1,3-4,8-9,18H,2,5-7,10-16H2,(H,21,24)(H2,22,23,25). The third kappa shape index (κ3) is 9.13. The molecular formula is C20H31N3O2S. The number of nitrogens with one attached hydrogen (secondary N) is 3. The molecule has 3 N–H and O–H groups in total. The van der Waals surface area contributed by atoms with Gasteiger partial charge in [0.25, 0.3) is 0 Å². The zero-order valence-corrected chi connectivity index (χ0v) is 16.3. The summed E-state index contributed by atoms with van der Waals surface area (Å²) in [4.78, 5) is 23.6. The Morgan fingerprint density at radius 1 is 1.00 bits per heavy atom. The highest BCUT2D eigenvalue weighted by molar-refractivity contribution is 7.98. The first-order chi connectivity index (χ1) is 12.7. The van der Waals surface area contributed by atoms with Crippen LogP contribution in [0.25, 0.3) is 0 Å². The Bertz CT molecular complexity index is 533. The van der Waals surface area contributed by atoms with Crippen molar-refractivity contribution in [1.29, 1.82) is 0 Å². The van der Waals surface area contributed by atoms with Gasteiger partial charge in [0.2, 0.25) is 5.91 Å². The number of thioether (sulfide) groups is 1. The molecule has 1 aromatic carbocycles. The van der Waals surface area contributed by atoms with E-state index in [1.54, 1.807) is 0 Å². The maximum absolute atomic E-state index is 11.8. The van der Waals surface area contributed by atoms with Crippen molar-refractivity contribution in [2.45, 2.75) is 56.7 Å². The monoisotopic (exact) mass is 377 g/mol. The molecule has 144 valence electrons. The summed E-state index contributed by atoms with van der Waals surface area (Å²) in [5.41, 5.74) is 1.31. The molecule has 6 heteroatoms. The summed E-state index contributed by atoms with van der Waals surface area (Å²) < 4.78 is 0. The lowest BCUT2D eigenvalue weighted by Gasteiger charge is -2.22. The Balaban J connectivity index is 1.41. The van der Waals surface area contributed by atoms with Crippen LogP contribution in [0.4, 0.5) is 4.79 Å². The molecule has 1 aromatic rings. The van der Waals surface area contributed by atoms with Gasteiger partial charge in [-0.2, -0.15) is 11.8 Å². The van der Waals surface area contributed by atoms with Gasteiger partial charge in [0, 0.05) is 37.1 Å². The minimum absolute atomic E-state index is 0.0554. The smallest absolute Gasteiger partial charge is 0.315 e. The zero-order valence-electron chi connectivity index (χ0n) is 15.5. The third-order valence-electron chi connectivity index (χ3n) is 4.49. The average Bonchev–Trinajstić information content (AvgIpc) is 2.66. The Morgan fingerprint density at radius 3 is 2.54 bits per heavy atom. The van der Waals surface area contributed by atoms with Crippen molar-refractivity contribution in [2.75, 3.05) is 18.8 Å². The van der Waals surface area contributed by atoms with Crippen LogP contribution in [0, 0.1) is 0 Å². The van der Waals surface area contributed by atoms with Crippen molar-refractivity contribution in [3.8, 4) is 0 Å². The first-order valence-corrected chi connectivity index (χ1v) is 10.8. The van der Waals surface area contributed by atoms with E-state index in [2.05, 4.69) is 28.1 Å². The van der Waals surface area contributed by atoms with E-state index < -0.39 is 0 Å². The van der Waals surface area contributed by atoms with Crippen molar-refractivity contribution in [1.82, 2.24) is 16.0 Å². The van der Waals surface area contributed by atoms with E-state index in [4.69, 9.17) is 0 Å². The summed E-state index contributed by atoms with van der Waals surface area (Å²) in [6.45, 7) is 1.22. The Hall–Kier alpha value is -1.69. The van der Waals surface area contributed by atoms with E-state index in [0.29, 0.717) is 32.0 Å². The normalized spacial score (nSPS) is 14.6. The molecule has 1 saturated carbocycles. The van der Waals surface area contributed by atoms with Crippen LogP contribution in [0.15, 0.2) is 30.3 Å². The molecule has 0 atom stereocenters. The molecule has 0 radical (unpaired) electrons. The predicted octanol–water partition coefficient (Wildman–Crippen LogP) is 3.45. The molecule has 1 fully saturated rings. The van der Waals surface area contributed by atoms with Gasteiger partial charge in [0.15, 0.2) is 0 Å². The molecule has 0 bridgehead atoms. The van der Waals surface area contributed by atoms with Gasteiger partial charge in [-0.15, -0.1) is 0 Å². The van der Waals surface area contributed by atoms with Gasteiger partial charge in [-0.05, 0) is 24.8 Å². The summed E-state index contributed by atoms with van der Waals surface area (Å²) >= 11 is 1.82. The molecule has 0 spiro atoms. The van der Waals surface area contributed by atoms with Crippen LogP contribution in [0.1, 0.15) is 50.5 Å². The topological polar surface area (TPSA) is 70.2 Å². The number of amides is 3. The predicted molar refractivity (Wildman–Crippen MR) is 108 cm³/mol. The molecule has 1 aliphatic rings. The van der Waals surface area contributed by atoms with E-state index in [1.807, 2.05) is 30.0 Å². The number of benzene rings is 1. The fourth-order valence-corrected chi connectivity index (χ4v) is 3.87. The van der Waals surface area contributed by atoms with E-state index in [1.165, 1.54) is 24.8 Å². The van der Waals surface area contributed by atoms with Crippen LogP contribution < -0.4 is 16.0 Å². The van der Waals surface area contributed by atoms with E-state index in [0.717, 1.165) is 24.3 Å². The van der Waals surface area contributed by atoms with Crippen LogP contribution >= 0.6 is 11.8 Å². The molecule has 0 aromatic heterocycles. The number of hydrogen-bond donors (Lipinski definition) is 3. The average molecular weight is 378 g/mol. The number of carbonyl (C=O) groups excluding carboxylic acids is 2. The molecule has 2 rings (SSSR count). The molecule has 5 nitrogen and oxygen atoms in total. The highest BCUT2D eigenvalue weighted by Gasteiger charge is 2.15. The van der Waals surface area contributed by atoms with Crippen LogP contribution in [0.5, 0.6) is 0 Å². The fraction of sp³-hybridized carbons (Fsp3) is 0.600. The van der Waals surface area contributed by atoms with Crippen LogP contribution in [-0.2, 0) is 10.5 Å². The molecular weight excluding hydrogens is 346 g/mol. The molecule has 3 amide bonds. The molecule has 0 saturated heterocycles. The minimum Gasteiger partial charge on any atom is -0.355 e. The maximum Gasteiger partial charge on any atom is 0.315 e. The van der Waals surface area contributed by atoms with Crippen LogP contribution in [0.2, 0.25) is 0 Å². The number of hydrogen-bond acceptors (Lipinski definition) is 3. The van der Waals surface area contributed by atoms with Crippen LogP contribution in [0.3, 0.4) is 0 Å². The quantitative estimate of drug-likeness (QED) is 0.547. The first-order valence-electron chi connectivity index (χ1n) is 9.67. The van der Waals surface area contributed by atoms with Gasteiger partial charge >= 0.3 is 6.03 Å². The molecule has 0 aliphatic heterocycles. The Labute approximate surface area is 161 Å². The van der Waals surface area contributed by atoms with Gasteiger partial charge in [-0.25, -0.2) is 4.79 Å². The lowest BCUT2D eigenvalue weighted by Crippen LogP contribution is -2.43. The Kier molecular flexibility index (Phi) is 10.0. The number of carbonyl (C=O) groups is 2. The summed E-state index contributed by atoms with van der Waals surface area (Å²) in [6, 6.07) is 10.5. The maximum atomic E-state index is 11.8. The largest absolute Gasteiger partial charge is 0.355 e. The van der Waals surface area contributed by atoms with Gasteiger partial charge < -0.3 is 16.0 Å². The van der Waals surface area contributed by atoms with Gasteiger partial charge in [-0.1, -0.05) is 49.6 Å². The minimum atomic E-state index is -0.102. The number of urea groups is 1. The molecule has 1 aliphatic carbocycles. The first kappa shape index (κ1) is 20.6. The summed E-state index contributed by atoms with van der Waals surface area (Å²) in [7, 11) is 0. The Morgan fingerprint density at radius 2 is 1.77 bits per heavy atom. The van der Waals surface area contributed by atoms with E-state index >= 15 is 0 Å². The van der Waals surface area contributed by atoms with Gasteiger partial charge in [0.1, 0.15) is 0 Å². The van der Waals surface area contributed by atoms with Gasteiger partial charge in [-0.3, -0.25) is 4.79 Å². The second-order valence-electron chi connectivity index (χ2n) is 6.73. The van der Waals surface area contributed by atoms with E-state index in [-0.39, 0.29) is 11.9 Å². The molecule has 0 unspecified atom stereocenters. The lowest BCUT2D eigenvalue weighted by atomic mass is 9.96. The second-order valence-corrected chi connectivity index (χ2v) is 7.83.